The summed E-state index contributed by atoms with van der Waals surface area (Å²) in [6.45, 7) is 0.479. The van der Waals surface area contributed by atoms with Crippen LogP contribution in [0.2, 0.25) is 0 Å². The second-order valence-electron chi connectivity index (χ2n) is 4.13. The average Bonchev–Trinajstić information content (AvgIpc) is 2.41. The molecule has 19 heavy (non-hydrogen) atoms. The Kier molecular flexibility index (Phi) is 4.93. The summed E-state index contributed by atoms with van der Waals surface area (Å²) >= 11 is 3.64. The summed E-state index contributed by atoms with van der Waals surface area (Å²) in [7, 11) is 0. The highest BCUT2D eigenvalue weighted by Crippen LogP contribution is 2.23. The summed E-state index contributed by atoms with van der Waals surface area (Å²) in [5.74, 6) is 0.851. The topological polar surface area (TPSA) is 55.1 Å². The molecule has 0 bridgehead atoms. The fourth-order valence-corrected chi connectivity index (χ4v) is 4.31. The van der Waals surface area contributed by atoms with Gasteiger partial charge in [0.25, 0.3) is 5.91 Å². The third kappa shape index (κ3) is 3.76. The number of hydrogen-bond acceptors (Lipinski definition) is 4. The molecule has 1 atom stereocenters. The van der Waals surface area contributed by atoms with Gasteiger partial charge in [-0.15, -0.1) is 0 Å². The maximum Gasteiger partial charge on any atom is 0.254 e. The fraction of sp³-hybridized carbons (Fsp3) is 0.417. The minimum absolute atomic E-state index is 0.215. The van der Waals surface area contributed by atoms with Gasteiger partial charge in [0.2, 0.25) is 0 Å². The molecule has 1 aliphatic heterocycles. The zero-order valence-electron chi connectivity index (χ0n) is 10.1. The van der Waals surface area contributed by atoms with Gasteiger partial charge in [0.1, 0.15) is 11.6 Å². The van der Waals surface area contributed by atoms with Gasteiger partial charge in [0, 0.05) is 35.1 Å². The standard InChI is InChI=1S/C12H14F2N2OS2/c13-9-4-10(14)11(15)3-8(9)12(17)16-5-7-6-18-1-2-19-7/h3-4,7H,1-2,5-6,15H2,(H,16,17). The van der Waals surface area contributed by atoms with Crippen LogP contribution >= 0.6 is 23.5 Å². The Morgan fingerprint density at radius 2 is 2.16 bits per heavy atom. The van der Waals surface area contributed by atoms with Gasteiger partial charge in [-0.25, -0.2) is 8.78 Å². The Labute approximate surface area is 118 Å². The third-order valence-corrected chi connectivity index (χ3v) is 5.55. The van der Waals surface area contributed by atoms with Crippen molar-refractivity contribution < 1.29 is 13.6 Å². The van der Waals surface area contributed by atoms with E-state index in [9.17, 15) is 13.6 Å². The van der Waals surface area contributed by atoms with Crippen LogP contribution in [-0.4, -0.2) is 35.0 Å². The summed E-state index contributed by atoms with van der Waals surface area (Å²) < 4.78 is 26.5. The number of anilines is 1. The van der Waals surface area contributed by atoms with Crippen molar-refractivity contribution in [3.05, 3.63) is 29.3 Å². The largest absolute Gasteiger partial charge is 0.396 e. The SMILES string of the molecule is Nc1cc(C(=O)NCC2CSCCS2)c(F)cc1F. The molecule has 104 valence electrons. The lowest BCUT2D eigenvalue weighted by atomic mass is 10.1. The highest BCUT2D eigenvalue weighted by atomic mass is 32.2. The second kappa shape index (κ2) is 6.47. The van der Waals surface area contributed by atoms with E-state index < -0.39 is 17.5 Å². The van der Waals surface area contributed by atoms with Crippen LogP contribution < -0.4 is 11.1 Å². The summed E-state index contributed by atoms with van der Waals surface area (Å²) in [6, 6.07) is 1.66. The first-order valence-corrected chi connectivity index (χ1v) is 8.00. The molecule has 0 saturated carbocycles. The van der Waals surface area contributed by atoms with Crippen LogP contribution in [0, 0.1) is 11.6 Å². The number of halogens is 2. The van der Waals surface area contributed by atoms with Gasteiger partial charge in [-0.3, -0.25) is 4.79 Å². The van der Waals surface area contributed by atoms with Crippen molar-refractivity contribution in [2.45, 2.75) is 5.25 Å². The molecular weight excluding hydrogens is 290 g/mol. The molecule has 1 aromatic carbocycles. The predicted octanol–water partition coefficient (Wildman–Crippen LogP) is 2.13. The number of carbonyl (C=O) groups is 1. The number of nitrogens with one attached hydrogen (secondary N) is 1. The molecule has 1 fully saturated rings. The van der Waals surface area contributed by atoms with Crippen molar-refractivity contribution in [1.29, 1.82) is 0 Å². The molecule has 0 radical (unpaired) electrons. The van der Waals surface area contributed by atoms with Crippen LogP contribution in [-0.2, 0) is 0 Å². The molecule has 1 heterocycles. The van der Waals surface area contributed by atoms with Crippen molar-refractivity contribution in [1.82, 2.24) is 5.32 Å². The van der Waals surface area contributed by atoms with Crippen molar-refractivity contribution in [3.63, 3.8) is 0 Å². The number of rotatable bonds is 3. The zero-order chi connectivity index (χ0) is 13.8. The normalized spacial score (nSPS) is 19.2. The minimum atomic E-state index is -0.894. The van der Waals surface area contributed by atoms with E-state index in [-0.39, 0.29) is 11.3 Å². The maximum absolute atomic E-state index is 13.5. The van der Waals surface area contributed by atoms with Crippen LogP contribution in [0.1, 0.15) is 10.4 Å². The quantitative estimate of drug-likeness (QED) is 0.840. The van der Waals surface area contributed by atoms with Gasteiger partial charge in [0.05, 0.1) is 11.3 Å². The number of benzene rings is 1. The molecule has 7 heteroatoms. The van der Waals surface area contributed by atoms with Crippen LogP contribution in [0.3, 0.4) is 0 Å². The lowest BCUT2D eigenvalue weighted by Gasteiger charge is -2.21. The van der Waals surface area contributed by atoms with Crippen molar-refractivity contribution in [2.75, 3.05) is 29.5 Å². The molecule has 3 N–H and O–H groups in total. The lowest BCUT2D eigenvalue weighted by molar-refractivity contribution is 0.0950. The smallest absolute Gasteiger partial charge is 0.254 e. The Balaban J connectivity index is 1.97. The molecule has 1 amide bonds. The van der Waals surface area contributed by atoms with E-state index >= 15 is 0 Å². The lowest BCUT2D eigenvalue weighted by Crippen LogP contribution is -2.33. The number of nitrogen functional groups attached to an aromatic ring is 1. The maximum atomic E-state index is 13.5. The molecule has 1 saturated heterocycles. The van der Waals surface area contributed by atoms with Crippen LogP contribution in [0.5, 0.6) is 0 Å². The van der Waals surface area contributed by atoms with Crippen molar-refractivity contribution in [2.24, 2.45) is 0 Å². The predicted molar refractivity (Wildman–Crippen MR) is 76.7 cm³/mol. The Hall–Kier alpha value is -0.950. The van der Waals surface area contributed by atoms with E-state index in [2.05, 4.69) is 5.32 Å². The monoisotopic (exact) mass is 304 g/mol. The Bertz CT molecular complexity index is 479. The highest BCUT2D eigenvalue weighted by Gasteiger charge is 2.18. The molecule has 2 rings (SSSR count). The first kappa shape index (κ1) is 14.5. The van der Waals surface area contributed by atoms with Gasteiger partial charge < -0.3 is 11.1 Å². The van der Waals surface area contributed by atoms with E-state index in [1.807, 2.05) is 11.8 Å². The highest BCUT2D eigenvalue weighted by molar-refractivity contribution is 8.06. The number of amides is 1. The molecule has 0 spiro atoms. The zero-order valence-corrected chi connectivity index (χ0v) is 11.8. The van der Waals surface area contributed by atoms with E-state index in [1.165, 1.54) is 0 Å². The molecule has 0 aromatic heterocycles. The Morgan fingerprint density at radius 1 is 1.37 bits per heavy atom. The van der Waals surface area contributed by atoms with Crippen LogP contribution in [0.25, 0.3) is 0 Å². The summed E-state index contributed by atoms with van der Waals surface area (Å²) in [4.78, 5) is 11.8. The molecule has 3 nitrogen and oxygen atoms in total. The fourth-order valence-electron chi connectivity index (χ4n) is 1.70. The average molecular weight is 304 g/mol. The van der Waals surface area contributed by atoms with Gasteiger partial charge >= 0.3 is 0 Å². The summed E-state index contributed by atoms with van der Waals surface area (Å²) in [5, 5.41) is 3.00. The van der Waals surface area contributed by atoms with Crippen molar-refractivity contribution in [3.8, 4) is 0 Å². The Morgan fingerprint density at radius 3 is 2.84 bits per heavy atom. The van der Waals surface area contributed by atoms with Crippen LogP contribution in [0.15, 0.2) is 12.1 Å². The van der Waals surface area contributed by atoms with E-state index in [1.54, 1.807) is 11.8 Å². The molecule has 1 aromatic rings. The summed E-state index contributed by atoms with van der Waals surface area (Å²) in [6.07, 6.45) is 0. The van der Waals surface area contributed by atoms with Gasteiger partial charge in [-0.1, -0.05) is 0 Å². The summed E-state index contributed by atoms with van der Waals surface area (Å²) in [5.41, 5.74) is 4.89. The number of nitrogens with two attached hydrogens (primary N) is 1. The van der Waals surface area contributed by atoms with Crippen molar-refractivity contribution >= 4 is 35.1 Å². The van der Waals surface area contributed by atoms with E-state index in [4.69, 9.17) is 5.73 Å². The van der Waals surface area contributed by atoms with E-state index in [0.29, 0.717) is 17.9 Å². The van der Waals surface area contributed by atoms with Crippen LogP contribution in [0.4, 0.5) is 14.5 Å². The molecule has 0 aliphatic carbocycles. The first-order valence-electron chi connectivity index (χ1n) is 5.80. The number of thioether (sulfide) groups is 2. The minimum Gasteiger partial charge on any atom is -0.396 e. The molecular formula is C12H14F2N2OS2. The van der Waals surface area contributed by atoms with E-state index in [0.717, 1.165) is 23.3 Å². The van der Waals surface area contributed by atoms with Gasteiger partial charge in [0.15, 0.2) is 0 Å². The third-order valence-electron chi connectivity index (χ3n) is 2.71. The number of hydrogen-bond donors (Lipinski definition) is 2. The number of carbonyl (C=O) groups excluding carboxylic acids is 1. The molecule has 1 unspecified atom stereocenters. The molecule has 1 aliphatic rings. The second-order valence-corrected chi connectivity index (χ2v) is 6.69. The van der Waals surface area contributed by atoms with Gasteiger partial charge in [-0.05, 0) is 6.07 Å². The first-order chi connectivity index (χ1) is 9.08. The van der Waals surface area contributed by atoms with Gasteiger partial charge in [-0.2, -0.15) is 23.5 Å².